The van der Waals surface area contributed by atoms with Crippen LogP contribution in [0.2, 0.25) is 0 Å². The molecule has 2 atom stereocenters. The third-order valence-electron chi connectivity index (χ3n) is 5.84. The van der Waals surface area contributed by atoms with Crippen LogP contribution in [-0.4, -0.2) is 54.3 Å². The number of benzene rings is 1. The Morgan fingerprint density at radius 2 is 2.08 bits per heavy atom. The molecule has 2 saturated heterocycles. The molecular weight excluding hydrogens is 318 g/mol. The molecule has 128 valence electrons. The minimum Gasteiger partial charge on any atom is -0.396 e. The first kappa shape index (κ1) is 16.1. The summed E-state index contributed by atoms with van der Waals surface area (Å²) in [5.41, 5.74) is 2.33. The number of rotatable bonds is 3. The summed E-state index contributed by atoms with van der Waals surface area (Å²) in [4.78, 5) is 9.74. The molecule has 2 aliphatic rings. The van der Waals surface area contributed by atoms with Gasteiger partial charge in [-0.25, -0.2) is 4.98 Å². The maximum atomic E-state index is 10.0. The Hall–Kier alpha value is -1.43. The zero-order valence-corrected chi connectivity index (χ0v) is 15.0. The van der Waals surface area contributed by atoms with Gasteiger partial charge in [0.15, 0.2) is 5.13 Å². The van der Waals surface area contributed by atoms with Crippen LogP contribution >= 0.6 is 11.3 Å². The molecule has 24 heavy (non-hydrogen) atoms. The largest absolute Gasteiger partial charge is 0.396 e. The van der Waals surface area contributed by atoms with Crippen molar-refractivity contribution < 1.29 is 5.11 Å². The van der Waals surface area contributed by atoms with Crippen LogP contribution in [0.15, 0.2) is 35.7 Å². The van der Waals surface area contributed by atoms with Crippen LogP contribution in [0.1, 0.15) is 19.3 Å². The number of aliphatic hydroxyl groups excluding tert-OH is 1. The van der Waals surface area contributed by atoms with Gasteiger partial charge in [-0.15, -0.1) is 11.3 Å². The zero-order valence-electron chi connectivity index (χ0n) is 14.2. The molecule has 2 aromatic rings. The number of fused-ring (bicyclic) bond motifs is 1. The van der Waals surface area contributed by atoms with Gasteiger partial charge in [0.1, 0.15) is 0 Å². The van der Waals surface area contributed by atoms with E-state index < -0.39 is 0 Å². The summed E-state index contributed by atoms with van der Waals surface area (Å²) in [5, 5.41) is 13.3. The first-order chi connectivity index (χ1) is 11.7. The summed E-state index contributed by atoms with van der Waals surface area (Å²) in [7, 11) is 2.20. The van der Waals surface area contributed by atoms with Crippen molar-refractivity contribution in [2.45, 2.75) is 25.3 Å². The lowest BCUT2D eigenvalue weighted by Gasteiger charge is -2.53. The van der Waals surface area contributed by atoms with Gasteiger partial charge < -0.3 is 14.9 Å². The molecule has 4 nitrogen and oxygen atoms in total. The first-order valence-electron chi connectivity index (χ1n) is 8.79. The van der Waals surface area contributed by atoms with Crippen LogP contribution in [0.25, 0.3) is 11.3 Å². The van der Waals surface area contributed by atoms with Crippen LogP contribution in [0.3, 0.4) is 0 Å². The Kier molecular flexibility index (Phi) is 4.33. The van der Waals surface area contributed by atoms with E-state index in [1.165, 1.54) is 12.0 Å². The summed E-state index contributed by atoms with van der Waals surface area (Å²) < 4.78 is 0. The second-order valence-electron chi connectivity index (χ2n) is 7.20. The van der Waals surface area contributed by atoms with Crippen molar-refractivity contribution >= 4 is 16.5 Å². The van der Waals surface area contributed by atoms with E-state index in [9.17, 15) is 5.11 Å². The number of piperidine rings is 2. The fourth-order valence-corrected chi connectivity index (χ4v) is 5.21. The van der Waals surface area contributed by atoms with Gasteiger partial charge >= 0.3 is 0 Å². The molecule has 0 radical (unpaired) electrons. The lowest BCUT2D eigenvalue weighted by Crippen LogP contribution is -2.61. The van der Waals surface area contributed by atoms with Crippen molar-refractivity contribution in [2.24, 2.45) is 5.41 Å². The second-order valence-corrected chi connectivity index (χ2v) is 8.03. The molecule has 0 saturated carbocycles. The minimum absolute atomic E-state index is 0.0863. The maximum absolute atomic E-state index is 10.0. The molecule has 0 aliphatic carbocycles. The van der Waals surface area contributed by atoms with Crippen molar-refractivity contribution in [3.63, 3.8) is 0 Å². The highest BCUT2D eigenvalue weighted by atomic mass is 32.1. The van der Waals surface area contributed by atoms with E-state index in [1.807, 2.05) is 6.07 Å². The summed E-state index contributed by atoms with van der Waals surface area (Å²) in [6.07, 6.45) is 3.40. The van der Waals surface area contributed by atoms with Gasteiger partial charge in [-0.2, -0.15) is 0 Å². The number of hydrogen-bond donors (Lipinski definition) is 1. The van der Waals surface area contributed by atoms with Gasteiger partial charge in [0.2, 0.25) is 0 Å². The number of aromatic nitrogens is 1. The highest BCUT2D eigenvalue weighted by Gasteiger charge is 2.46. The topological polar surface area (TPSA) is 39.6 Å². The van der Waals surface area contributed by atoms with E-state index >= 15 is 0 Å². The fourth-order valence-electron chi connectivity index (χ4n) is 4.34. The molecule has 1 aromatic carbocycles. The monoisotopic (exact) mass is 343 g/mol. The Morgan fingerprint density at radius 3 is 2.88 bits per heavy atom. The summed E-state index contributed by atoms with van der Waals surface area (Å²) in [6, 6.07) is 10.8. The summed E-state index contributed by atoms with van der Waals surface area (Å²) >= 11 is 1.73. The van der Waals surface area contributed by atoms with Gasteiger partial charge in [0, 0.05) is 35.5 Å². The van der Waals surface area contributed by atoms with E-state index in [0.717, 1.165) is 43.3 Å². The van der Waals surface area contributed by atoms with Gasteiger partial charge in [-0.3, -0.25) is 0 Å². The average Bonchev–Trinajstić information content (AvgIpc) is 3.12. The molecule has 0 unspecified atom stereocenters. The third-order valence-corrected chi connectivity index (χ3v) is 6.75. The molecule has 1 N–H and O–H groups in total. The van der Waals surface area contributed by atoms with Crippen molar-refractivity contribution in [3.05, 3.63) is 35.7 Å². The van der Waals surface area contributed by atoms with Crippen molar-refractivity contribution in [1.82, 2.24) is 9.88 Å². The second kappa shape index (κ2) is 6.47. The molecular formula is C19H25N3OS. The average molecular weight is 343 g/mol. The Balaban J connectivity index is 1.55. The Labute approximate surface area is 147 Å². The molecule has 0 spiro atoms. The van der Waals surface area contributed by atoms with Crippen molar-refractivity contribution in [1.29, 1.82) is 0 Å². The minimum atomic E-state index is 0.0863. The van der Waals surface area contributed by atoms with E-state index in [1.54, 1.807) is 11.3 Å². The van der Waals surface area contributed by atoms with Crippen molar-refractivity contribution in [3.8, 4) is 11.3 Å². The van der Waals surface area contributed by atoms with Crippen molar-refractivity contribution in [2.75, 3.05) is 38.2 Å². The number of aliphatic hydroxyl groups is 1. The molecule has 2 aliphatic heterocycles. The number of anilines is 1. The highest BCUT2D eigenvalue weighted by molar-refractivity contribution is 7.14. The van der Waals surface area contributed by atoms with E-state index in [-0.39, 0.29) is 5.41 Å². The number of thiazole rings is 1. The smallest absolute Gasteiger partial charge is 0.185 e. The molecule has 4 rings (SSSR count). The quantitative estimate of drug-likeness (QED) is 0.930. The number of likely N-dealkylation sites (N-methyl/N-ethyl adjacent to an activating group) is 1. The third kappa shape index (κ3) is 2.75. The van der Waals surface area contributed by atoms with Crippen LogP contribution in [0.4, 0.5) is 5.13 Å². The molecule has 0 amide bonds. The molecule has 1 aromatic heterocycles. The lowest BCUT2D eigenvalue weighted by molar-refractivity contribution is -0.0276. The highest BCUT2D eigenvalue weighted by Crippen LogP contribution is 2.43. The molecule has 0 bridgehead atoms. The van der Waals surface area contributed by atoms with Crippen LogP contribution in [0, 0.1) is 5.41 Å². The van der Waals surface area contributed by atoms with E-state index in [0.29, 0.717) is 12.6 Å². The summed E-state index contributed by atoms with van der Waals surface area (Å²) in [6.45, 7) is 3.40. The number of nitrogens with zero attached hydrogens (tertiary/aromatic N) is 3. The van der Waals surface area contributed by atoms with Gasteiger partial charge in [0.05, 0.1) is 12.3 Å². The van der Waals surface area contributed by atoms with Gasteiger partial charge in [-0.05, 0) is 32.9 Å². The first-order valence-corrected chi connectivity index (χ1v) is 9.67. The summed E-state index contributed by atoms with van der Waals surface area (Å²) in [5.74, 6) is 0. The zero-order chi connectivity index (χ0) is 16.6. The van der Waals surface area contributed by atoms with Gasteiger partial charge in [-0.1, -0.05) is 30.3 Å². The van der Waals surface area contributed by atoms with Crippen LogP contribution in [-0.2, 0) is 0 Å². The number of likely N-dealkylation sites (tertiary alicyclic amines) is 1. The standard InChI is InChI=1S/C19H25N3OS/c1-21-10-5-8-19(14-23)9-11-22(12-17(19)21)18-20-16(13-24-18)15-6-3-2-4-7-15/h2-4,6-7,13,17,23H,5,8-12,14H2,1H3/t17-,19-/m1/s1. The van der Waals surface area contributed by atoms with Gasteiger partial charge in [0.25, 0.3) is 0 Å². The van der Waals surface area contributed by atoms with Crippen LogP contribution in [0.5, 0.6) is 0 Å². The predicted molar refractivity (Wildman–Crippen MR) is 99.6 cm³/mol. The Morgan fingerprint density at radius 1 is 1.25 bits per heavy atom. The van der Waals surface area contributed by atoms with Crippen LogP contribution < -0.4 is 4.90 Å². The molecule has 5 heteroatoms. The molecule has 2 fully saturated rings. The van der Waals surface area contributed by atoms with E-state index in [4.69, 9.17) is 4.98 Å². The number of hydrogen-bond acceptors (Lipinski definition) is 5. The SMILES string of the molecule is CN1CCC[C@]2(CO)CCN(c3nc(-c4ccccc4)cs3)C[C@@H]12. The lowest BCUT2D eigenvalue weighted by atomic mass is 9.69. The van der Waals surface area contributed by atoms with E-state index in [2.05, 4.69) is 46.5 Å². The fraction of sp³-hybridized carbons (Fsp3) is 0.526. The molecule has 3 heterocycles. The maximum Gasteiger partial charge on any atom is 0.185 e. The normalized spacial score (nSPS) is 27.9. The predicted octanol–water partition coefficient (Wildman–Crippen LogP) is 3.09. The Bertz CT molecular complexity index is 689.